The molecule has 1 aliphatic heterocycles. The molecule has 38 heavy (non-hydrogen) atoms. The number of aliphatic hydroxyl groups excluding tert-OH is 1. The molecule has 12 heteroatoms. The van der Waals surface area contributed by atoms with Crippen LogP contribution in [0.3, 0.4) is 0 Å². The predicted molar refractivity (Wildman–Crippen MR) is 146 cm³/mol. The van der Waals surface area contributed by atoms with Crippen molar-refractivity contribution in [1.82, 2.24) is 29.0 Å². The molecule has 11 nitrogen and oxygen atoms in total. The van der Waals surface area contributed by atoms with E-state index in [1.165, 1.54) is 10.6 Å². The highest BCUT2D eigenvalue weighted by Crippen LogP contribution is 2.38. The molecule has 1 saturated heterocycles. The van der Waals surface area contributed by atoms with Gasteiger partial charge in [0, 0.05) is 30.9 Å². The molecule has 0 bridgehead atoms. The summed E-state index contributed by atoms with van der Waals surface area (Å²) in [7, 11) is 0.0398. The molecule has 1 atom stereocenters. The SMILES string of the molecule is C[C@H](O)CNc1nc2c(C3CCN(C)CC3)cc(S(=O)(=O)NC3(C)CC3)cc2c(=O)n1Cc1cnn(C)c1. The van der Waals surface area contributed by atoms with Crippen molar-refractivity contribution in [1.29, 1.82) is 0 Å². The van der Waals surface area contributed by atoms with E-state index in [-0.39, 0.29) is 34.8 Å². The van der Waals surface area contributed by atoms with Gasteiger partial charge in [0.05, 0.1) is 34.6 Å². The first-order chi connectivity index (χ1) is 17.9. The maximum Gasteiger partial charge on any atom is 0.263 e. The number of hydrogen-bond acceptors (Lipinski definition) is 8. The van der Waals surface area contributed by atoms with Crippen molar-refractivity contribution in [3.05, 3.63) is 46.0 Å². The number of likely N-dealkylation sites (tertiary alicyclic amines) is 1. The summed E-state index contributed by atoms with van der Waals surface area (Å²) >= 11 is 0. The minimum Gasteiger partial charge on any atom is -0.392 e. The third-order valence-electron chi connectivity index (χ3n) is 7.57. The number of aliphatic hydroxyl groups is 1. The minimum atomic E-state index is -3.83. The zero-order chi connectivity index (χ0) is 27.2. The average molecular weight is 544 g/mol. The van der Waals surface area contributed by atoms with Gasteiger partial charge in [-0.3, -0.25) is 14.0 Å². The molecule has 206 valence electrons. The Morgan fingerprint density at radius 3 is 2.53 bits per heavy atom. The Labute approximate surface area is 222 Å². The standard InChI is InChI=1S/C26H37N7O4S/c1-17(34)13-27-25-29-23-21(19-5-9-31(3)10-6-19)11-20(38(36,37)30-26(2)7-8-26)12-22(23)24(35)33(25)16-18-14-28-32(4)15-18/h11-12,14-15,17,19,30,34H,5-10,13,16H2,1-4H3,(H,27,29)/t17-/m0/s1. The van der Waals surface area contributed by atoms with Gasteiger partial charge in [0.2, 0.25) is 16.0 Å². The number of aryl methyl sites for hydroxylation is 1. The van der Waals surface area contributed by atoms with Gasteiger partial charge >= 0.3 is 0 Å². The van der Waals surface area contributed by atoms with Crippen molar-refractivity contribution in [3.8, 4) is 0 Å². The van der Waals surface area contributed by atoms with Gasteiger partial charge in [0.25, 0.3) is 5.56 Å². The van der Waals surface area contributed by atoms with Crippen LogP contribution in [0.2, 0.25) is 0 Å². The summed E-state index contributed by atoms with van der Waals surface area (Å²) in [6, 6.07) is 3.18. The summed E-state index contributed by atoms with van der Waals surface area (Å²) in [5.74, 6) is 0.409. The Kier molecular flexibility index (Phi) is 7.10. The Hall–Kier alpha value is -2.80. The lowest BCUT2D eigenvalue weighted by molar-refractivity contribution is 0.208. The summed E-state index contributed by atoms with van der Waals surface area (Å²) in [6.45, 7) is 5.73. The van der Waals surface area contributed by atoms with Crippen molar-refractivity contribution in [2.24, 2.45) is 7.05 Å². The molecule has 1 aliphatic carbocycles. The number of hydrogen-bond donors (Lipinski definition) is 3. The van der Waals surface area contributed by atoms with E-state index >= 15 is 0 Å². The van der Waals surface area contributed by atoms with Gasteiger partial charge in [-0.25, -0.2) is 18.1 Å². The first-order valence-corrected chi connectivity index (χ1v) is 14.6. The zero-order valence-corrected chi connectivity index (χ0v) is 23.3. The molecule has 1 aromatic carbocycles. The van der Waals surface area contributed by atoms with E-state index in [2.05, 4.69) is 27.1 Å². The normalized spacial score (nSPS) is 19.1. The van der Waals surface area contributed by atoms with Gasteiger partial charge in [-0.15, -0.1) is 0 Å². The Morgan fingerprint density at radius 1 is 1.21 bits per heavy atom. The summed E-state index contributed by atoms with van der Waals surface area (Å²) in [5.41, 5.74) is 1.32. The number of rotatable bonds is 9. The van der Waals surface area contributed by atoms with E-state index < -0.39 is 21.7 Å². The van der Waals surface area contributed by atoms with Gasteiger partial charge in [-0.1, -0.05) is 0 Å². The molecule has 3 heterocycles. The van der Waals surface area contributed by atoms with Gasteiger partial charge < -0.3 is 15.3 Å². The Morgan fingerprint density at radius 2 is 1.92 bits per heavy atom. The summed E-state index contributed by atoms with van der Waals surface area (Å²) in [4.78, 5) is 21.3. The van der Waals surface area contributed by atoms with E-state index in [0.717, 1.165) is 49.9 Å². The summed E-state index contributed by atoms with van der Waals surface area (Å²) < 4.78 is 32.9. The van der Waals surface area contributed by atoms with E-state index in [1.807, 2.05) is 13.1 Å². The molecule has 0 radical (unpaired) electrons. The lowest BCUT2D eigenvalue weighted by atomic mass is 9.88. The summed E-state index contributed by atoms with van der Waals surface area (Å²) in [6.07, 6.45) is 6.12. The fourth-order valence-electron chi connectivity index (χ4n) is 5.04. The third kappa shape index (κ3) is 5.63. The molecule has 2 aliphatic rings. The first kappa shape index (κ1) is 26.8. The highest BCUT2D eigenvalue weighted by molar-refractivity contribution is 7.89. The molecular formula is C26H37N7O4S. The molecule has 1 saturated carbocycles. The fourth-order valence-corrected chi connectivity index (χ4v) is 6.57. The number of sulfonamides is 1. The highest BCUT2D eigenvalue weighted by atomic mass is 32.2. The number of anilines is 1. The van der Waals surface area contributed by atoms with Crippen LogP contribution in [0.5, 0.6) is 0 Å². The van der Waals surface area contributed by atoms with Crippen molar-refractivity contribution < 1.29 is 13.5 Å². The van der Waals surface area contributed by atoms with Gasteiger partial charge in [-0.2, -0.15) is 5.10 Å². The smallest absolute Gasteiger partial charge is 0.263 e. The van der Waals surface area contributed by atoms with Gasteiger partial charge in [0.1, 0.15) is 0 Å². The number of fused-ring (bicyclic) bond motifs is 1. The lowest BCUT2D eigenvalue weighted by Crippen LogP contribution is -2.35. The van der Waals surface area contributed by atoms with Gasteiger partial charge in [-0.05, 0) is 83.3 Å². The predicted octanol–water partition coefficient (Wildman–Crippen LogP) is 1.61. The number of nitrogens with one attached hydrogen (secondary N) is 2. The van der Waals surface area contributed by atoms with Crippen LogP contribution < -0.4 is 15.6 Å². The second-order valence-electron chi connectivity index (χ2n) is 11.2. The van der Waals surface area contributed by atoms with Crippen molar-refractivity contribution >= 4 is 26.9 Å². The molecule has 0 spiro atoms. The van der Waals surface area contributed by atoms with Crippen LogP contribution >= 0.6 is 0 Å². The van der Waals surface area contributed by atoms with E-state index in [4.69, 9.17) is 4.98 Å². The topological polar surface area (TPSA) is 134 Å². The fraction of sp³-hybridized carbons (Fsp3) is 0.577. The van der Waals surface area contributed by atoms with E-state index in [9.17, 15) is 18.3 Å². The highest BCUT2D eigenvalue weighted by Gasteiger charge is 2.41. The van der Waals surface area contributed by atoms with Crippen molar-refractivity contribution in [3.63, 3.8) is 0 Å². The molecular weight excluding hydrogens is 506 g/mol. The van der Waals surface area contributed by atoms with Crippen LogP contribution in [0.25, 0.3) is 10.9 Å². The Bertz CT molecular complexity index is 1500. The maximum atomic E-state index is 14.0. The second kappa shape index (κ2) is 10.1. The molecule has 3 aromatic rings. The van der Waals surface area contributed by atoms with Gasteiger partial charge in [0.15, 0.2) is 0 Å². The molecule has 2 fully saturated rings. The quantitative estimate of drug-likeness (QED) is 0.371. The molecule has 2 aromatic heterocycles. The van der Waals surface area contributed by atoms with E-state index in [0.29, 0.717) is 11.5 Å². The minimum absolute atomic E-state index is 0.0750. The molecule has 3 N–H and O–H groups in total. The lowest BCUT2D eigenvalue weighted by Gasteiger charge is -2.30. The molecule has 5 rings (SSSR count). The third-order valence-corrected chi connectivity index (χ3v) is 9.18. The number of nitrogens with zero attached hydrogens (tertiary/aromatic N) is 5. The van der Waals surface area contributed by atoms with Crippen LogP contribution in [-0.4, -0.2) is 76.1 Å². The van der Waals surface area contributed by atoms with Crippen LogP contribution in [-0.2, 0) is 23.6 Å². The largest absolute Gasteiger partial charge is 0.392 e. The second-order valence-corrected chi connectivity index (χ2v) is 12.9. The molecule has 0 unspecified atom stereocenters. The number of piperidine rings is 1. The summed E-state index contributed by atoms with van der Waals surface area (Å²) in [5, 5.41) is 17.5. The number of benzene rings is 1. The molecule has 0 amide bonds. The zero-order valence-electron chi connectivity index (χ0n) is 22.4. The monoisotopic (exact) mass is 543 g/mol. The van der Waals surface area contributed by atoms with Crippen LogP contribution in [0.15, 0.2) is 34.2 Å². The van der Waals surface area contributed by atoms with Crippen LogP contribution in [0.4, 0.5) is 5.95 Å². The van der Waals surface area contributed by atoms with Crippen LogP contribution in [0.1, 0.15) is 56.6 Å². The Balaban J connectivity index is 1.70. The van der Waals surface area contributed by atoms with Crippen LogP contribution in [0, 0.1) is 0 Å². The maximum absolute atomic E-state index is 14.0. The van der Waals surface area contributed by atoms with Crippen molar-refractivity contribution in [2.75, 3.05) is 32.0 Å². The van der Waals surface area contributed by atoms with E-state index in [1.54, 1.807) is 30.9 Å². The number of aromatic nitrogens is 4. The van der Waals surface area contributed by atoms with Crippen molar-refractivity contribution in [2.45, 2.75) is 68.5 Å². The average Bonchev–Trinajstić information content (AvgIpc) is 3.42. The first-order valence-electron chi connectivity index (χ1n) is 13.1.